The highest BCUT2D eigenvalue weighted by Crippen LogP contribution is 2.41. The Morgan fingerprint density at radius 2 is 2.26 bits per heavy atom. The Balaban J connectivity index is 1.58. The van der Waals surface area contributed by atoms with Crippen LogP contribution in [0.1, 0.15) is 6.42 Å². The zero-order valence-corrected chi connectivity index (χ0v) is 12.9. The number of benzene rings is 1. The van der Waals surface area contributed by atoms with E-state index >= 15 is 0 Å². The van der Waals surface area contributed by atoms with Gasteiger partial charge in [-0.2, -0.15) is 0 Å². The van der Waals surface area contributed by atoms with E-state index in [1.54, 1.807) is 0 Å². The predicted octanol–water partition coefficient (Wildman–Crippen LogP) is 1.86. The summed E-state index contributed by atoms with van der Waals surface area (Å²) in [6, 6.07) is 3.45. The van der Waals surface area contributed by atoms with Gasteiger partial charge in [-0.05, 0) is 18.6 Å². The number of anilines is 1. The van der Waals surface area contributed by atoms with Crippen molar-refractivity contribution < 1.29 is 24.1 Å². The van der Waals surface area contributed by atoms with Crippen LogP contribution in [0.25, 0.3) is 10.2 Å². The second kappa shape index (κ2) is 5.74. The molecule has 3 N–H and O–H groups in total. The number of ether oxygens (including phenoxy) is 3. The van der Waals surface area contributed by atoms with Gasteiger partial charge in [-0.1, -0.05) is 11.3 Å². The molecule has 2 aromatic rings. The molecule has 0 radical (unpaired) electrons. The molecule has 122 valence electrons. The largest absolute Gasteiger partial charge is 0.465 e. The van der Waals surface area contributed by atoms with Gasteiger partial charge in [0, 0.05) is 6.61 Å². The fourth-order valence-corrected chi connectivity index (χ4v) is 3.71. The van der Waals surface area contributed by atoms with Crippen LogP contribution in [0.5, 0.6) is 11.5 Å². The van der Waals surface area contributed by atoms with Crippen molar-refractivity contribution in [3.63, 3.8) is 0 Å². The third-order valence-electron chi connectivity index (χ3n) is 3.87. The zero-order chi connectivity index (χ0) is 15.8. The van der Waals surface area contributed by atoms with Gasteiger partial charge in [0.1, 0.15) is 5.52 Å². The summed E-state index contributed by atoms with van der Waals surface area (Å²) in [6.07, 6.45) is -0.349. The number of carbonyl (C=O) groups is 1. The van der Waals surface area contributed by atoms with Crippen LogP contribution in [0.2, 0.25) is 0 Å². The second-order valence-corrected chi connectivity index (χ2v) is 6.37. The summed E-state index contributed by atoms with van der Waals surface area (Å²) in [6.45, 7) is 1.15. The highest BCUT2D eigenvalue weighted by atomic mass is 32.1. The van der Waals surface area contributed by atoms with E-state index in [0.717, 1.165) is 15.3 Å². The van der Waals surface area contributed by atoms with Gasteiger partial charge in [-0.3, -0.25) is 0 Å². The average molecular weight is 337 g/mol. The van der Waals surface area contributed by atoms with E-state index in [9.17, 15) is 4.79 Å². The van der Waals surface area contributed by atoms with E-state index in [0.29, 0.717) is 31.1 Å². The lowest BCUT2D eigenvalue weighted by atomic mass is 10.0. The first kappa shape index (κ1) is 14.3. The minimum atomic E-state index is -1.06. The van der Waals surface area contributed by atoms with Crippen LogP contribution in [0.15, 0.2) is 12.1 Å². The van der Waals surface area contributed by atoms with Crippen LogP contribution in [0.3, 0.4) is 0 Å². The molecule has 0 spiro atoms. The maximum Gasteiger partial charge on any atom is 0.405 e. The van der Waals surface area contributed by atoms with E-state index in [-0.39, 0.29) is 18.9 Å². The zero-order valence-electron chi connectivity index (χ0n) is 12.1. The van der Waals surface area contributed by atoms with Crippen molar-refractivity contribution in [3.05, 3.63) is 12.1 Å². The fraction of sp³-hybridized carbons (Fsp3) is 0.429. The summed E-state index contributed by atoms with van der Waals surface area (Å²) in [7, 11) is 0. The lowest BCUT2D eigenvalue weighted by molar-refractivity contribution is 0.0626. The van der Waals surface area contributed by atoms with Crippen LogP contribution in [-0.4, -0.2) is 48.3 Å². The van der Waals surface area contributed by atoms with Crippen LogP contribution < -0.4 is 20.1 Å². The van der Waals surface area contributed by atoms with Gasteiger partial charge < -0.3 is 30.0 Å². The maximum absolute atomic E-state index is 10.9. The summed E-state index contributed by atoms with van der Waals surface area (Å²) < 4.78 is 17.2. The van der Waals surface area contributed by atoms with E-state index in [1.807, 2.05) is 12.1 Å². The van der Waals surface area contributed by atoms with Crippen molar-refractivity contribution in [2.24, 2.45) is 0 Å². The molecule has 0 unspecified atom stereocenters. The Morgan fingerprint density at radius 1 is 1.35 bits per heavy atom. The third-order valence-corrected chi connectivity index (χ3v) is 4.82. The molecule has 1 aromatic heterocycles. The number of fused-ring (bicyclic) bond motifs is 3. The van der Waals surface area contributed by atoms with Crippen molar-refractivity contribution in [2.75, 3.05) is 25.3 Å². The van der Waals surface area contributed by atoms with Crippen molar-refractivity contribution in [2.45, 2.75) is 18.5 Å². The molecule has 0 saturated carbocycles. The molecule has 8 nitrogen and oxygen atoms in total. The Labute approximate surface area is 135 Å². The maximum atomic E-state index is 10.9. The quantitative estimate of drug-likeness (QED) is 0.785. The van der Waals surface area contributed by atoms with E-state index in [4.69, 9.17) is 19.3 Å². The first-order valence-electron chi connectivity index (χ1n) is 7.23. The minimum absolute atomic E-state index is 0.0642. The number of hydrogen-bond acceptors (Lipinski definition) is 7. The molecule has 1 aromatic carbocycles. The molecule has 4 rings (SSSR count). The highest BCUT2D eigenvalue weighted by molar-refractivity contribution is 7.22. The Kier molecular flexibility index (Phi) is 3.58. The molecule has 3 heterocycles. The van der Waals surface area contributed by atoms with E-state index < -0.39 is 6.09 Å². The molecule has 9 heteroatoms. The lowest BCUT2D eigenvalue weighted by Crippen LogP contribution is -2.52. The molecule has 2 atom stereocenters. The molecule has 1 saturated heterocycles. The van der Waals surface area contributed by atoms with E-state index in [1.165, 1.54) is 11.3 Å². The van der Waals surface area contributed by atoms with Crippen LogP contribution in [0, 0.1) is 0 Å². The van der Waals surface area contributed by atoms with Gasteiger partial charge in [0.15, 0.2) is 16.6 Å². The molecule has 0 aliphatic carbocycles. The van der Waals surface area contributed by atoms with Crippen molar-refractivity contribution in [1.82, 2.24) is 10.3 Å². The van der Waals surface area contributed by atoms with Gasteiger partial charge in [-0.15, -0.1) is 0 Å². The molecule has 0 bridgehead atoms. The molecule has 1 amide bonds. The average Bonchev–Trinajstić information content (AvgIpc) is 3.13. The number of carboxylic acid groups (broad SMARTS) is 1. The van der Waals surface area contributed by atoms with Crippen molar-refractivity contribution in [3.8, 4) is 11.5 Å². The Hall–Kier alpha value is -2.26. The molecular weight excluding hydrogens is 322 g/mol. The molecule has 23 heavy (non-hydrogen) atoms. The predicted molar refractivity (Wildman–Crippen MR) is 83.5 cm³/mol. The topological polar surface area (TPSA) is 102 Å². The number of hydrogen-bond donors (Lipinski definition) is 3. The Bertz CT molecular complexity index is 749. The molecular formula is C14H15N3O5S. The number of nitrogens with one attached hydrogen (secondary N) is 2. The number of aromatic nitrogens is 1. The lowest BCUT2D eigenvalue weighted by Gasteiger charge is -2.31. The van der Waals surface area contributed by atoms with E-state index in [2.05, 4.69) is 15.6 Å². The van der Waals surface area contributed by atoms with Crippen molar-refractivity contribution in [1.29, 1.82) is 0 Å². The molecule has 2 aliphatic heterocycles. The fourth-order valence-electron chi connectivity index (χ4n) is 2.79. The Morgan fingerprint density at radius 3 is 3.13 bits per heavy atom. The highest BCUT2D eigenvalue weighted by Gasteiger charge is 2.28. The molecule has 1 fully saturated rings. The summed E-state index contributed by atoms with van der Waals surface area (Å²) >= 11 is 1.50. The number of nitrogens with zero attached hydrogens (tertiary/aromatic N) is 1. The monoisotopic (exact) mass is 337 g/mol. The minimum Gasteiger partial charge on any atom is -0.465 e. The van der Waals surface area contributed by atoms with Crippen LogP contribution in [0.4, 0.5) is 9.93 Å². The smallest absolute Gasteiger partial charge is 0.405 e. The number of thiazole rings is 1. The summed E-state index contributed by atoms with van der Waals surface area (Å²) in [5.41, 5.74) is 0.766. The number of amides is 1. The summed E-state index contributed by atoms with van der Waals surface area (Å²) in [5, 5.41) is 15.5. The van der Waals surface area contributed by atoms with Crippen LogP contribution in [-0.2, 0) is 4.74 Å². The third kappa shape index (κ3) is 2.73. The summed E-state index contributed by atoms with van der Waals surface area (Å²) in [4.78, 5) is 15.5. The first-order chi connectivity index (χ1) is 11.2. The standard InChI is InChI=1S/C14H15N3O5S/c18-14(19)16-8-5-20-4-3-7(8)15-13-17-11-10(23-13)2-1-9-12(11)22-6-21-9/h1-2,7-8,16H,3-6H2,(H,15,17)(H,18,19)/t7-,8+/m1/s1. The van der Waals surface area contributed by atoms with Gasteiger partial charge in [0.2, 0.25) is 6.79 Å². The first-order valence-corrected chi connectivity index (χ1v) is 8.05. The number of rotatable bonds is 3. The van der Waals surface area contributed by atoms with Gasteiger partial charge in [-0.25, -0.2) is 9.78 Å². The second-order valence-electron chi connectivity index (χ2n) is 5.34. The van der Waals surface area contributed by atoms with Crippen LogP contribution >= 0.6 is 11.3 Å². The van der Waals surface area contributed by atoms with Gasteiger partial charge >= 0.3 is 6.09 Å². The molecule has 2 aliphatic rings. The normalized spacial score (nSPS) is 23.0. The van der Waals surface area contributed by atoms with Gasteiger partial charge in [0.05, 0.1) is 23.4 Å². The van der Waals surface area contributed by atoms with Crippen molar-refractivity contribution >= 4 is 32.8 Å². The van der Waals surface area contributed by atoms with Gasteiger partial charge in [0.25, 0.3) is 0 Å². The summed E-state index contributed by atoms with van der Waals surface area (Å²) in [5.74, 6) is 1.37. The SMILES string of the molecule is O=C(O)N[C@H]1COCC[C@H]1Nc1nc2c3c(ccc2s1)OCO3.